The lowest BCUT2D eigenvalue weighted by Crippen LogP contribution is -2.37. The summed E-state index contributed by atoms with van der Waals surface area (Å²) in [6.07, 6.45) is 4.63. The number of thioether (sulfide) groups is 1. The van der Waals surface area contributed by atoms with E-state index in [0.29, 0.717) is 25.8 Å². The number of amidine groups is 1. The molecule has 0 bridgehead atoms. The maximum absolute atomic E-state index is 12.3. The Balaban J connectivity index is 1.31. The maximum atomic E-state index is 12.3. The first-order valence-electron chi connectivity index (χ1n) is 9.81. The zero-order valence-electron chi connectivity index (χ0n) is 16.6. The molecular weight excluding hydrogens is 477 g/mol. The highest BCUT2D eigenvalue weighted by Crippen LogP contribution is 2.33. The smallest absolute Gasteiger partial charge is 0.264 e. The number of thiazole rings is 1. The largest absolute Gasteiger partial charge is 0.379 e. The van der Waals surface area contributed by atoms with Gasteiger partial charge in [0.2, 0.25) is 0 Å². The van der Waals surface area contributed by atoms with E-state index < -0.39 is 0 Å². The fourth-order valence-corrected chi connectivity index (χ4v) is 5.18. The number of anilines is 1. The number of hydrogen-bond donors (Lipinski definition) is 2. The number of amides is 1. The van der Waals surface area contributed by atoms with Crippen molar-refractivity contribution in [3.05, 3.63) is 44.2 Å². The molecule has 7 nitrogen and oxygen atoms in total. The van der Waals surface area contributed by atoms with E-state index in [4.69, 9.17) is 27.9 Å². The second-order valence-corrected chi connectivity index (χ2v) is 9.82. The summed E-state index contributed by atoms with van der Waals surface area (Å²) < 4.78 is 5.37. The van der Waals surface area contributed by atoms with Crippen molar-refractivity contribution in [3.8, 4) is 0 Å². The lowest BCUT2D eigenvalue weighted by Gasteiger charge is -2.26. The fraction of sp³-hybridized carbons (Fsp3) is 0.350. The van der Waals surface area contributed by atoms with E-state index in [1.807, 2.05) is 6.08 Å². The van der Waals surface area contributed by atoms with Crippen LogP contribution < -0.4 is 10.6 Å². The second-order valence-electron chi connectivity index (χ2n) is 6.88. The van der Waals surface area contributed by atoms with E-state index in [1.165, 1.54) is 23.1 Å². The van der Waals surface area contributed by atoms with E-state index in [9.17, 15) is 4.79 Å². The first-order valence-corrected chi connectivity index (χ1v) is 12.2. The molecule has 0 radical (unpaired) electrons. The van der Waals surface area contributed by atoms with E-state index in [2.05, 4.69) is 25.5 Å². The van der Waals surface area contributed by atoms with Crippen molar-refractivity contribution in [2.24, 2.45) is 4.99 Å². The van der Waals surface area contributed by atoms with Gasteiger partial charge in [-0.2, -0.15) is 0 Å². The van der Waals surface area contributed by atoms with Crippen molar-refractivity contribution in [1.29, 1.82) is 0 Å². The van der Waals surface area contributed by atoms with Crippen molar-refractivity contribution < 1.29 is 9.53 Å². The lowest BCUT2D eigenvalue weighted by atomic mass is 10.3. The molecule has 1 aromatic carbocycles. The average Bonchev–Trinajstić information content (AvgIpc) is 3.34. The third kappa shape index (κ3) is 6.44. The highest BCUT2D eigenvalue weighted by Gasteiger charge is 2.24. The van der Waals surface area contributed by atoms with E-state index in [1.54, 1.807) is 24.4 Å². The Morgan fingerprint density at radius 2 is 2.16 bits per heavy atom. The molecule has 4 rings (SSSR count). The van der Waals surface area contributed by atoms with Gasteiger partial charge in [0.1, 0.15) is 0 Å². The molecule has 164 valence electrons. The number of nitrogens with zero attached hydrogens (tertiary/aromatic N) is 3. The van der Waals surface area contributed by atoms with Crippen molar-refractivity contribution >= 4 is 74.3 Å². The number of nitrogens with one attached hydrogen (secondary N) is 2. The molecule has 2 aliphatic heterocycles. The van der Waals surface area contributed by atoms with Crippen molar-refractivity contribution in [2.75, 3.05) is 44.7 Å². The Labute approximate surface area is 198 Å². The first kappa shape index (κ1) is 22.6. The molecule has 2 aromatic rings. The van der Waals surface area contributed by atoms with Crippen LogP contribution in [0.5, 0.6) is 0 Å². The number of carbonyl (C=O) groups excluding carboxylic acids is 1. The molecule has 2 saturated heterocycles. The fourth-order valence-electron chi connectivity index (χ4n) is 3.05. The van der Waals surface area contributed by atoms with Gasteiger partial charge in [0.05, 0.1) is 33.7 Å². The predicted molar refractivity (Wildman–Crippen MR) is 130 cm³/mol. The number of benzene rings is 1. The molecule has 31 heavy (non-hydrogen) atoms. The van der Waals surface area contributed by atoms with Crippen LogP contribution in [0.4, 0.5) is 10.8 Å². The molecule has 0 atom stereocenters. The van der Waals surface area contributed by atoms with E-state index in [0.717, 1.165) is 55.8 Å². The predicted octanol–water partition coefficient (Wildman–Crippen LogP) is 4.48. The van der Waals surface area contributed by atoms with Gasteiger partial charge in [-0.3, -0.25) is 9.69 Å². The summed E-state index contributed by atoms with van der Waals surface area (Å²) in [6, 6.07) is 5.04. The second kappa shape index (κ2) is 10.8. The number of rotatable bonds is 7. The van der Waals surface area contributed by atoms with E-state index in [-0.39, 0.29) is 5.91 Å². The minimum atomic E-state index is -0.192. The minimum absolute atomic E-state index is 0.192. The Hall–Kier alpha value is -1.62. The van der Waals surface area contributed by atoms with Gasteiger partial charge in [0.25, 0.3) is 5.91 Å². The minimum Gasteiger partial charge on any atom is -0.379 e. The van der Waals surface area contributed by atoms with Crippen molar-refractivity contribution in [1.82, 2.24) is 15.2 Å². The number of aliphatic imine (C=N–C) groups is 1. The number of aromatic nitrogens is 1. The molecule has 0 aliphatic carbocycles. The van der Waals surface area contributed by atoms with Crippen LogP contribution in [0.15, 0.2) is 34.3 Å². The molecule has 0 saturated carbocycles. The molecule has 11 heteroatoms. The summed E-state index contributed by atoms with van der Waals surface area (Å²) in [4.78, 5) is 25.0. The van der Waals surface area contributed by atoms with Crippen LogP contribution in [-0.2, 0) is 9.53 Å². The third-order valence-electron chi connectivity index (χ3n) is 4.61. The van der Waals surface area contributed by atoms with Gasteiger partial charge in [-0.05, 0) is 49.0 Å². The monoisotopic (exact) mass is 497 g/mol. The number of morpholine rings is 1. The third-order valence-corrected chi connectivity index (χ3v) is 6.96. The van der Waals surface area contributed by atoms with Gasteiger partial charge in [0, 0.05) is 30.9 Å². The van der Waals surface area contributed by atoms with Crippen LogP contribution >= 0.6 is 46.3 Å². The molecule has 3 heterocycles. The normalized spacial score (nSPS) is 19.9. The molecule has 1 amide bonds. The number of halogens is 2. The number of ether oxygens (including phenoxy) is 1. The molecule has 2 aliphatic rings. The van der Waals surface area contributed by atoms with Crippen LogP contribution in [0.25, 0.3) is 6.08 Å². The van der Waals surface area contributed by atoms with Crippen LogP contribution in [-0.4, -0.2) is 60.4 Å². The Morgan fingerprint density at radius 1 is 1.32 bits per heavy atom. The highest BCUT2D eigenvalue weighted by molar-refractivity contribution is 8.18. The van der Waals surface area contributed by atoms with Gasteiger partial charge >= 0.3 is 0 Å². The Bertz CT molecular complexity index is 1010. The summed E-state index contributed by atoms with van der Waals surface area (Å²) >= 11 is 14.9. The summed E-state index contributed by atoms with van der Waals surface area (Å²) in [6.45, 7) is 5.56. The summed E-state index contributed by atoms with van der Waals surface area (Å²) in [7, 11) is 0. The topological polar surface area (TPSA) is 78.8 Å². The molecule has 0 unspecified atom stereocenters. The zero-order chi connectivity index (χ0) is 21.6. The molecule has 0 spiro atoms. The molecule has 2 fully saturated rings. The zero-order valence-corrected chi connectivity index (χ0v) is 19.7. The maximum Gasteiger partial charge on any atom is 0.264 e. The molecule has 1 aromatic heterocycles. The highest BCUT2D eigenvalue weighted by atomic mass is 35.5. The first-order chi connectivity index (χ1) is 15.1. The van der Waals surface area contributed by atoms with Gasteiger partial charge in [-0.1, -0.05) is 34.5 Å². The summed E-state index contributed by atoms with van der Waals surface area (Å²) in [5.41, 5.74) is 0.552. The van der Waals surface area contributed by atoms with Crippen molar-refractivity contribution in [3.63, 3.8) is 0 Å². The quantitative estimate of drug-likeness (QED) is 0.433. The van der Waals surface area contributed by atoms with Crippen LogP contribution in [0, 0.1) is 0 Å². The number of carbonyl (C=O) groups is 1. The van der Waals surface area contributed by atoms with Gasteiger partial charge in [-0.25, -0.2) is 9.98 Å². The van der Waals surface area contributed by atoms with E-state index >= 15 is 0 Å². The Morgan fingerprint density at radius 3 is 2.97 bits per heavy atom. The van der Waals surface area contributed by atoms with Crippen LogP contribution in [0.2, 0.25) is 10.0 Å². The standard InChI is InChI=1S/C20H21Cl2N5O2S2/c21-13-2-3-16(15(22)10-13)25-20-26-18(28)17(31-20)11-14-12-24-19(30-14)23-4-1-5-27-6-8-29-9-7-27/h2-3,10-12H,1,4-9H2,(H,23,24)(H,25,26,28)/b17-11-. The average molecular weight is 498 g/mol. The summed E-state index contributed by atoms with van der Waals surface area (Å²) in [5.74, 6) is -0.192. The van der Waals surface area contributed by atoms with Crippen molar-refractivity contribution in [2.45, 2.75) is 6.42 Å². The SMILES string of the molecule is O=C1N/C(=N/c2ccc(Cl)cc2Cl)S/C1=C\c1cnc(NCCCN2CCOCC2)s1. The molecular formula is C20H21Cl2N5O2S2. The number of hydrogen-bond acceptors (Lipinski definition) is 8. The summed E-state index contributed by atoms with van der Waals surface area (Å²) in [5, 5.41) is 8.41. The van der Waals surface area contributed by atoms with Gasteiger partial charge in [-0.15, -0.1) is 0 Å². The molecule has 2 N–H and O–H groups in total. The van der Waals surface area contributed by atoms with Gasteiger partial charge in [0.15, 0.2) is 10.3 Å². The lowest BCUT2D eigenvalue weighted by molar-refractivity contribution is -0.115. The Kier molecular flexibility index (Phi) is 7.86. The van der Waals surface area contributed by atoms with Crippen LogP contribution in [0.3, 0.4) is 0 Å². The van der Waals surface area contributed by atoms with Gasteiger partial charge < -0.3 is 15.4 Å². The van der Waals surface area contributed by atoms with Crippen LogP contribution in [0.1, 0.15) is 11.3 Å².